The van der Waals surface area contributed by atoms with Crippen molar-refractivity contribution < 1.29 is 23.9 Å². The van der Waals surface area contributed by atoms with Crippen LogP contribution in [0.25, 0.3) is 0 Å². The van der Waals surface area contributed by atoms with Crippen LogP contribution in [-0.2, 0) is 9.59 Å². The predicted molar refractivity (Wildman–Crippen MR) is 275 cm³/mol. The Balaban J connectivity index is 0.000000434. The number of anilines is 1. The van der Waals surface area contributed by atoms with Gasteiger partial charge < -0.3 is 26.0 Å². The van der Waals surface area contributed by atoms with Gasteiger partial charge in [0, 0.05) is 103 Å². The second-order valence-electron chi connectivity index (χ2n) is 20.8. The van der Waals surface area contributed by atoms with Crippen LogP contribution in [0.1, 0.15) is 176 Å². The van der Waals surface area contributed by atoms with Gasteiger partial charge in [0.05, 0.1) is 6.54 Å². The third kappa shape index (κ3) is 27.1. The summed E-state index contributed by atoms with van der Waals surface area (Å²) in [6, 6.07) is 18.4. The van der Waals surface area contributed by atoms with E-state index in [1.807, 2.05) is 104 Å². The van der Waals surface area contributed by atoms with E-state index in [0.29, 0.717) is 66.9 Å². The van der Waals surface area contributed by atoms with E-state index in [1.165, 1.54) is 38.5 Å². The standard InChI is InChI=1S/C15H23NO2.C14H27NO.C13H26N2O.C13H19NO/c1-11(2)15(17)13-5-7-14(8-6-13)18-10-9-16-12(3)4;1-10(2)14(16)9-12-5-7-13(8-6-12)15-11(3)4;1-10(2)13(16)9-15-7-5-12(6-8-15)14-11(3)4;1-9(2)13(15)11-5-7-12(8-6-11)14-10(3)4/h5-8,11-12,16H,9-10H2,1-4H3;10-13,15H,5-9H2,1-4H3;10-12,14H,5-9H2,1-4H3;5-10,14H,1-4H3. The molecule has 4 N–H and O–H groups in total. The summed E-state index contributed by atoms with van der Waals surface area (Å²) in [7, 11) is 0. The first-order valence-electron chi connectivity index (χ1n) is 25.2. The number of ether oxygens (including phenoxy) is 1. The molecule has 0 bridgehead atoms. The van der Waals surface area contributed by atoms with Crippen molar-refractivity contribution in [3.63, 3.8) is 0 Å². The highest BCUT2D eigenvalue weighted by Gasteiger charge is 2.24. The highest BCUT2D eigenvalue weighted by molar-refractivity contribution is 5.98. The summed E-state index contributed by atoms with van der Waals surface area (Å²) in [6.45, 7) is 37.0. The minimum Gasteiger partial charge on any atom is -0.492 e. The molecule has 2 fully saturated rings. The molecule has 0 spiro atoms. The summed E-state index contributed by atoms with van der Waals surface area (Å²) >= 11 is 0. The van der Waals surface area contributed by atoms with Crippen LogP contribution in [0.15, 0.2) is 48.5 Å². The lowest BCUT2D eigenvalue weighted by Gasteiger charge is -2.33. The van der Waals surface area contributed by atoms with Crippen molar-refractivity contribution in [2.75, 3.05) is 38.1 Å². The van der Waals surface area contributed by atoms with Gasteiger partial charge in [-0.2, -0.15) is 0 Å². The molecule has 1 saturated carbocycles. The lowest BCUT2D eigenvalue weighted by Crippen LogP contribution is -2.46. The van der Waals surface area contributed by atoms with Crippen LogP contribution in [0.3, 0.4) is 0 Å². The normalized spacial score (nSPS) is 16.9. The number of rotatable bonds is 21. The van der Waals surface area contributed by atoms with Crippen LogP contribution < -0.4 is 26.0 Å². The number of nitrogens with one attached hydrogen (secondary N) is 4. The largest absolute Gasteiger partial charge is 0.492 e. The number of hydrogen-bond acceptors (Lipinski definition) is 10. The smallest absolute Gasteiger partial charge is 0.165 e. The first kappa shape index (κ1) is 59.6. The van der Waals surface area contributed by atoms with E-state index in [0.717, 1.165) is 48.6 Å². The van der Waals surface area contributed by atoms with E-state index < -0.39 is 0 Å². The number of carbonyl (C=O) groups excluding carboxylic acids is 4. The zero-order valence-corrected chi connectivity index (χ0v) is 43.9. The third-order valence-electron chi connectivity index (χ3n) is 11.5. The van der Waals surface area contributed by atoms with Crippen LogP contribution in [0.2, 0.25) is 0 Å². The average molecular weight is 906 g/mol. The highest BCUT2D eigenvalue weighted by Crippen LogP contribution is 2.28. The molecule has 65 heavy (non-hydrogen) atoms. The number of nitrogens with zero attached hydrogens (tertiary/aromatic N) is 1. The van der Waals surface area contributed by atoms with E-state index in [2.05, 4.69) is 81.6 Å². The molecule has 1 aliphatic heterocycles. The summed E-state index contributed by atoms with van der Waals surface area (Å²) in [5, 5.41) is 13.7. The molecule has 1 saturated heterocycles. The molecule has 10 nitrogen and oxygen atoms in total. The van der Waals surface area contributed by atoms with Gasteiger partial charge in [0.2, 0.25) is 0 Å². The maximum Gasteiger partial charge on any atom is 0.165 e. The summed E-state index contributed by atoms with van der Waals surface area (Å²) in [4.78, 5) is 49.0. The van der Waals surface area contributed by atoms with Gasteiger partial charge in [-0.05, 0) is 107 Å². The second kappa shape index (κ2) is 32.3. The van der Waals surface area contributed by atoms with Crippen molar-refractivity contribution in [2.45, 2.75) is 192 Å². The minimum atomic E-state index is 0.0343. The number of hydrogen-bond donors (Lipinski definition) is 4. The molecule has 2 aliphatic rings. The number of benzene rings is 2. The van der Waals surface area contributed by atoms with Gasteiger partial charge in [0.1, 0.15) is 23.9 Å². The molecule has 0 atom stereocenters. The fourth-order valence-corrected chi connectivity index (χ4v) is 7.62. The second-order valence-corrected chi connectivity index (χ2v) is 20.8. The van der Waals surface area contributed by atoms with Gasteiger partial charge in [-0.15, -0.1) is 0 Å². The van der Waals surface area contributed by atoms with E-state index in [1.54, 1.807) is 0 Å². The van der Waals surface area contributed by atoms with E-state index in [-0.39, 0.29) is 35.2 Å². The Bertz CT molecular complexity index is 1550. The van der Waals surface area contributed by atoms with Gasteiger partial charge in [-0.1, -0.05) is 96.9 Å². The van der Waals surface area contributed by atoms with Crippen LogP contribution in [-0.4, -0.2) is 97.1 Å². The molecular formula is C55H95N5O5. The number of piperidine rings is 1. The Hall–Kier alpha value is -3.44. The highest BCUT2D eigenvalue weighted by atomic mass is 16.5. The minimum absolute atomic E-state index is 0.0343. The maximum absolute atomic E-state index is 11.7. The van der Waals surface area contributed by atoms with Gasteiger partial charge in [0.25, 0.3) is 0 Å². The molecule has 2 aromatic carbocycles. The molecule has 370 valence electrons. The number of likely N-dealkylation sites (tertiary alicyclic amines) is 1. The zero-order chi connectivity index (χ0) is 49.2. The Kier molecular flexibility index (Phi) is 29.6. The monoisotopic (exact) mass is 906 g/mol. The molecular weight excluding hydrogens is 811 g/mol. The Morgan fingerprint density at radius 3 is 1.38 bits per heavy atom. The lowest BCUT2D eigenvalue weighted by molar-refractivity contribution is -0.124. The van der Waals surface area contributed by atoms with Crippen molar-refractivity contribution in [1.29, 1.82) is 0 Å². The SMILES string of the molecule is CC(C)NC1CCC(CC(=O)C(C)C)CC1.CC(C)NC1CCN(CC(=O)C(C)C)CC1.CC(C)NCCOc1ccc(C(=O)C(C)C)cc1.CC(C)Nc1ccc(C(=O)C(C)C)cc1. The molecule has 1 aliphatic carbocycles. The molecule has 0 unspecified atom stereocenters. The molecule has 2 aromatic rings. The molecule has 0 aromatic heterocycles. The molecule has 10 heteroatoms. The van der Waals surface area contributed by atoms with E-state index >= 15 is 0 Å². The number of carbonyl (C=O) groups is 4. The Morgan fingerprint density at radius 2 is 0.985 bits per heavy atom. The molecule has 4 rings (SSSR count). The topological polar surface area (TPSA) is 129 Å². The van der Waals surface area contributed by atoms with Gasteiger partial charge in [-0.25, -0.2) is 0 Å². The lowest BCUT2D eigenvalue weighted by atomic mass is 9.81. The summed E-state index contributed by atoms with van der Waals surface area (Å²) in [6.07, 6.45) is 8.09. The van der Waals surface area contributed by atoms with Crippen molar-refractivity contribution in [1.82, 2.24) is 20.9 Å². The zero-order valence-electron chi connectivity index (χ0n) is 43.9. The predicted octanol–water partition coefficient (Wildman–Crippen LogP) is 11.1. The van der Waals surface area contributed by atoms with Crippen molar-refractivity contribution in [2.24, 2.45) is 29.6 Å². The molecule has 1 heterocycles. The number of Topliss-reactive ketones (excluding diaryl/α,β-unsaturated/α-hetero) is 4. The molecule has 0 radical (unpaired) electrons. The Labute approximate surface area is 397 Å². The third-order valence-corrected chi connectivity index (χ3v) is 11.5. The van der Waals surface area contributed by atoms with Crippen LogP contribution in [0, 0.1) is 29.6 Å². The quantitative estimate of drug-likeness (QED) is 0.0710. The van der Waals surface area contributed by atoms with Crippen molar-refractivity contribution in [3.05, 3.63) is 59.7 Å². The van der Waals surface area contributed by atoms with E-state index in [4.69, 9.17) is 4.74 Å². The van der Waals surface area contributed by atoms with E-state index in [9.17, 15) is 19.2 Å². The van der Waals surface area contributed by atoms with Crippen molar-refractivity contribution in [3.8, 4) is 5.75 Å². The fourth-order valence-electron chi connectivity index (χ4n) is 7.62. The van der Waals surface area contributed by atoms with Crippen molar-refractivity contribution >= 4 is 28.8 Å². The van der Waals surface area contributed by atoms with Crippen LogP contribution >= 0.6 is 0 Å². The summed E-state index contributed by atoms with van der Waals surface area (Å²) in [5.74, 6) is 3.13. The van der Waals surface area contributed by atoms with Gasteiger partial charge >= 0.3 is 0 Å². The Morgan fingerprint density at radius 1 is 0.538 bits per heavy atom. The van der Waals surface area contributed by atoms with Crippen LogP contribution in [0.5, 0.6) is 5.75 Å². The number of ketones is 4. The average Bonchev–Trinajstić information content (AvgIpc) is 3.23. The first-order chi connectivity index (χ1) is 30.5. The maximum atomic E-state index is 11.7. The fraction of sp³-hybridized carbons (Fsp3) is 0.709. The van der Waals surface area contributed by atoms with Gasteiger partial charge in [-0.3, -0.25) is 24.1 Å². The van der Waals surface area contributed by atoms with Crippen LogP contribution in [0.4, 0.5) is 5.69 Å². The summed E-state index contributed by atoms with van der Waals surface area (Å²) < 4.78 is 5.58. The van der Waals surface area contributed by atoms with Gasteiger partial charge in [0.15, 0.2) is 11.6 Å². The first-order valence-corrected chi connectivity index (χ1v) is 25.2. The molecule has 0 amide bonds. The summed E-state index contributed by atoms with van der Waals surface area (Å²) in [5.41, 5.74) is 2.60.